The quantitative estimate of drug-likeness (QED) is 0.196. The summed E-state index contributed by atoms with van der Waals surface area (Å²) < 4.78 is 13.6. The van der Waals surface area contributed by atoms with Gasteiger partial charge in [0.2, 0.25) is 0 Å². The molecular weight excluding hydrogens is 580 g/mol. The largest absolute Gasteiger partial charge is 0.455 e. The van der Waals surface area contributed by atoms with Gasteiger partial charge in [0.25, 0.3) is 0 Å². The van der Waals surface area contributed by atoms with E-state index in [-0.39, 0.29) is 23.1 Å². The molecule has 4 heteroatoms. The van der Waals surface area contributed by atoms with Gasteiger partial charge in [-0.05, 0) is 187 Å². The second-order valence-electron chi connectivity index (χ2n) is 20.3. The summed E-state index contributed by atoms with van der Waals surface area (Å²) in [4.78, 5) is 26.4. The highest BCUT2D eigenvalue weighted by Gasteiger charge is 2.71. The minimum atomic E-state index is -0.239. The first-order chi connectivity index (χ1) is 22.6. The first-order valence-electron chi connectivity index (χ1n) is 20.3. The van der Waals surface area contributed by atoms with Gasteiger partial charge in [-0.15, -0.1) is 0 Å². The Balaban J connectivity index is 0.897. The number of carbonyl (C=O) groups is 2. The maximum Gasteiger partial charge on any atom is 0.333 e. The van der Waals surface area contributed by atoms with Gasteiger partial charge in [0.15, 0.2) is 0 Å². The van der Waals surface area contributed by atoms with Gasteiger partial charge in [0.05, 0.1) is 0 Å². The SMILES string of the molecule is C=CC(=O)OC1(C2CC3CC2CC3CC23CC4CC(C2)C(OC(=O)C(=C)C)(C2CC5CC2CC5C)C(C4)C3)C2CC3CC(C2)CC1C3. The van der Waals surface area contributed by atoms with E-state index in [0.717, 1.165) is 53.3 Å². The molecule has 12 aliphatic rings. The van der Waals surface area contributed by atoms with Gasteiger partial charge >= 0.3 is 11.9 Å². The zero-order valence-electron chi connectivity index (χ0n) is 29.3. The lowest BCUT2D eigenvalue weighted by atomic mass is 9.40. The van der Waals surface area contributed by atoms with Crippen LogP contribution in [0.1, 0.15) is 123 Å². The van der Waals surface area contributed by atoms with Crippen LogP contribution in [-0.4, -0.2) is 23.1 Å². The topological polar surface area (TPSA) is 52.6 Å². The van der Waals surface area contributed by atoms with E-state index >= 15 is 0 Å². The molecule has 12 saturated carbocycles. The number of carbonyl (C=O) groups excluding carboxylic acids is 2. The molecule has 0 radical (unpaired) electrons. The van der Waals surface area contributed by atoms with E-state index in [2.05, 4.69) is 20.1 Å². The summed E-state index contributed by atoms with van der Waals surface area (Å²) in [6.07, 6.45) is 24.0. The summed E-state index contributed by atoms with van der Waals surface area (Å²) in [5.41, 5.74) is 0.572. The van der Waals surface area contributed by atoms with Crippen LogP contribution < -0.4 is 0 Å². The lowest BCUT2D eigenvalue weighted by Crippen LogP contribution is -2.66. The van der Waals surface area contributed by atoms with Crippen molar-refractivity contribution in [3.05, 3.63) is 24.8 Å². The molecule has 47 heavy (non-hydrogen) atoms. The summed E-state index contributed by atoms with van der Waals surface area (Å²) in [5.74, 6) is 10.4. The zero-order valence-corrected chi connectivity index (χ0v) is 29.3. The molecule has 0 aromatic rings. The third kappa shape index (κ3) is 4.17. The fraction of sp³-hybridized carbons (Fsp3) is 0.860. The van der Waals surface area contributed by atoms with Crippen LogP contribution in [0.2, 0.25) is 0 Å². The molecule has 0 saturated heterocycles. The fourth-order valence-electron chi connectivity index (χ4n) is 17.4. The zero-order chi connectivity index (χ0) is 32.0. The predicted octanol–water partition coefficient (Wildman–Crippen LogP) is 9.33. The minimum Gasteiger partial charge on any atom is -0.455 e. The Labute approximate surface area is 283 Å². The molecule has 0 spiro atoms. The van der Waals surface area contributed by atoms with E-state index in [1.807, 2.05) is 6.92 Å². The molecule has 12 rings (SSSR count). The van der Waals surface area contributed by atoms with Gasteiger partial charge in [-0.2, -0.15) is 0 Å². The number of ether oxygens (including phenoxy) is 2. The summed E-state index contributed by atoms with van der Waals surface area (Å²) in [6.45, 7) is 12.2. The molecule has 0 aromatic heterocycles. The van der Waals surface area contributed by atoms with Crippen LogP contribution in [0.15, 0.2) is 24.8 Å². The van der Waals surface area contributed by atoms with Gasteiger partial charge in [-0.3, -0.25) is 0 Å². The van der Waals surface area contributed by atoms with E-state index < -0.39 is 0 Å². The molecule has 12 fully saturated rings. The van der Waals surface area contributed by atoms with Crippen LogP contribution in [0.5, 0.6) is 0 Å². The highest BCUT2D eigenvalue weighted by molar-refractivity contribution is 5.87. The molecule has 4 nitrogen and oxygen atoms in total. The average molecular weight is 641 g/mol. The second-order valence-corrected chi connectivity index (χ2v) is 20.3. The van der Waals surface area contributed by atoms with Crippen LogP contribution in [0, 0.1) is 94.2 Å². The number of fused-ring (bicyclic) bond motifs is 4. The number of rotatable bonds is 8. The standard InChI is InChI=1S/C43H60O4/c1-5-39(44)46-42(33-8-25-7-26(10-33)11-34(42)9-25)38-18-29-15-31(38)16-32(29)20-41-19-27-12-35(21-41)43(36(13-27)22-41,47-40(45)23(2)3)37-17-28-14-30(37)6-24(28)4/h5,24-38H,1-2,6-22H2,3-4H3. The average Bonchev–Trinajstić information content (AvgIpc) is 3.81. The summed E-state index contributed by atoms with van der Waals surface area (Å²) in [5, 5.41) is 0. The molecule has 10 atom stereocenters. The van der Waals surface area contributed by atoms with E-state index in [0.29, 0.717) is 46.5 Å². The Morgan fingerprint density at radius 2 is 1.23 bits per heavy atom. The van der Waals surface area contributed by atoms with Gasteiger partial charge in [-0.25, -0.2) is 9.59 Å². The fourth-order valence-corrected chi connectivity index (χ4v) is 17.4. The third-order valence-electron chi connectivity index (χ3n) is 18.1. The van der Waals surface area contributed by atoms with Crippen molar-refractivity contribution in [2.45, 2.75) is 134 Å². The maximum absolute atomic E-state index is 13.4. The number of hydrogen-bond donors (Lipinski definition) is 0. The summed E-state index contributed by atoms with van der Waals surface area (Å²) in [7, 11) is 0. The Morgan fingerprint density at radius 1 is 0.660 bits per heavy atom. The normalized spacial score (nSPS) is 57.1. The molecule has 0 aliphatic heterocycles. The molecule has 0 amide bonds. The smallest absolute Gasteiger partial charge is 0.333 e. The molecule has 0 N–H and O–H groups in total. The number of esters is 2. The van der Waals surface area contributed by atoms with Gasteiger partial charge in [0, 0.05) is 35.3 Å². The lowest BCUT2D eigenvalue weighted by Gasteiger charge is -2.67. The molecular formula is C43H60O4. The van der Waals surface area contributed by atoms with Gasteiger partial charge in [0.1, 0.15) is 11.2 Å². The van der Waals surface area contributed by atoms with E-state index in [1.54, 1.807) is 0 Å². The molecule has 0 aromatic carbocycles. The third-order valence-corrected chi connectivity index (χ3v) is 18.1. The van der Waals surface area contributed by atoms with Crippen molar-refractivity contribution in [2.75, 3.05) is 0 Å². The van der Waals surface area contributed by atoms with Crippen LogP contribution in [0.3, 0.4) is 0 Å². The molecule has 10 unspecified atom stereocenters. The molecule has 0 heterocycles. The van der Waals surface area contributed by atoms with Crippen molar-refractivity contribution < 1.29 is 19.1 Å². The summed E-state index contributed by atoms with van der Waals surface area (Å²) in [6, 6.07) is 0. The Kier molecular flexibility index (Phi) is 6.60. The predicted molar refractivity (Wildman–Crippen MR) is 182 cm³/mol. The van der Waals surface area contributed by atoms with E-state index in [9.17, 15) is 9.59 Å². The maximum atomic E-state index is 13.4. The van der Waals surface area contributed by atoms with Gasteiger partial charge < -0.3 is 9.47 Å². The van der Waals surface area contributed by atoms with Crippen LogP contribution >= 0.6 is 0 Å². The highest BCUT2D eigenvalue weighted by atomic mass is 16.6. The number of hydrogen-bond acceptors (Lipinski definition) is 4. The van der Waals surface area contributed by atoms with Crippen molar-refractivity contribution >= 4 is 11.9 Å². The first kappa shape index (κ1) is 30.3. The van der Waals surface area contributed by atoms with Crippen molar-refractivity contribution in [2.24, 2.45) is 94.2 Å². The van der Waals surface area contributed by atoms with Crippen LogP contribution in [0.4, 0.5) is 0 Å². The first-order valence-corrected chi connectivity index (χ1v) is 20.3. The second kappa shape index (κ2) is 10.2. The van der Waals surface area contributed by atoms with Crippen molar-refractivity contribution in [1.82, 2.24) is 0 Å². The van der Waals surface area contributed by atoms with Gasteiger partial charge in [-0.1, -0.05) is 20.1 Å². The van der Waals surface area contributed by atoms with E-state index in [1.165, 1.54) is 115 Å². The Hall–Kier alpha value is -1.58. The van der Waals surface area contributed by atoms with E-state index in [4.69, 9.17) is 9.47 Å². The lowest BCUT2D eigenvalue weighted by molar-refractivity contribution is -0.252. The Morgan fingerprint density at radius 3 is 1.77 bits per heavy atom. The van der Waals surface area contributed by atoms with Crippen LogP contribution in [0.25, 0.3) is 0 Å². The van der Waals surface area contributed by atoms with Crippen molar-refractivity contribution in [3.63, 3.8) is 0 Å². The molecule has 256 valence electrons. The van der Waals surface area contributed by atoms with Crippen molar-refractivity contribution in [3.8, 4) is 0 Å². The highest BCUT2D eigenvalue weighted by Crippen LogP contribution is 2.73. The van der Waals surface area contributed by atoms with Crippen LogP contribution in [-0.2, 0) is 19.1 Å². The van der Waals surface area contributed by atoms with Crippen molar-refractivity contribution in [1.29, 1.82) is 0 Å². The molecule has 12 aliphatic carbocycles. The minimum absolute atomic E-state index is 0.114. The summed E-state index contributed by atoms with van der Waals surface area (Å²) >= 11 is 0. The molecule has 12 bridgehead atoms. The monoisotopic (exact) mass is 640 g/mol. The Bertz CT molecular complexity index is 1330.